The molecule has 0 atom stereocenters. The minimum atomic E-state index is -0.341. The molecule has 2 N–H and O–H groups in total. The van der Waals surface area contributed by atoms with Gasteiger partial charge in [-0.2, -0.15) is 5.10 Å². The van der Waals surface area contributed by atoms with Gasteiger partial charge in [-0.05, 0) is 24.1 Å². The van der Waals surface area contributed by atoms with E-state index in [9.17, 15) is 14.4 Å². The number of rotatable bonds is 5. The summed E-state index contributed by atoms with van der Waals surface area (Å²) in [5.41, 5.74) is 1.83. The topological polar surface area (TPSA) is 98.4 Å². The van der Waals surface area contributed by atoms with E-state index in [1.807, 2.05) is 29.2 Å². The number of amides is 2. The van der Waals surface area contributed by atoms with Gasteiger partial charge in [0.25, 0.3) is 11.5 Å². The minimum Gasteiger partial charge on any atom is -0.335 e. The molecule has 0 bridgehead atoms. The highest BCUT2D eigenvalue weighted by molar-refractivity contribution is 5.93. The van der Waals surface area contributed by atoms with Crippen LogP contribution in [0.25, 0.3) is 0 Å². The van der Waals surface area contributed by atoms with Gasteiger partial charge < -0.3 is 10.2 Å². The largest absolute Gasteiger partial charge is 0.335 e. The van der Waals surface area contributed by atoms with Crippen LogP contribution < -0.4 is 10.9 Å². The number of piperazine rings is 1. The molecular formula is C19H23N5O3. The predicted octanol–water partition coefficient (Wildman–Crippen LogP) is 0.729. The van der Waals surface area contributed by atoms with Crippen LogP contribution >= 0.6 is 0 Å². The van der Waals surface area contributed by atoms with Gasteiger partial charge in [-0.15, -0.1) is 0 Å². The van der Waals surface area contributed by atoms with E-state index in [0.717, 1.165) is 17.7 Å². The van der Waals surface area contributed by atoms with Gasteiger partial charge in [0.05, 0.1) is 6.54 Å². The highest BCUT2D eigenvalue weighted by Crippen LogP contribution is 2.15. The van der Waals surface area contributed by atoms with Gasteiger partial charge in [0.1, 0.15) is 5.69 Å². The molecule has 2 aromatic rings. The molecule has 2 amide bonds. The molecule has 1 saturated heterocycles. The number of hydrogen-bond donors (Lipinski definition) is 2. The molecule has 1 aliphatic heterocycles. The Morgan fingerprint density at radius 2 is 1.85 bits per heavy atom. The van der Waals surface area contributed by atoms with Gasteiger partial charge >= 0.3 is 0 Å². The Morgan fingerprint density at radius 3 is 2.52 bits per heavy atom. The first-order valence-corrected chi connectivity index (χ1v) is 9.02. The predicted molar refractivity (Wildman–Crippen MR) is 102 cm³/mol. The molecule has 1 aromatic heterocycles. The second-order valence-corrected chi connectivity index (χ2v) is 6.43. The van der Waals surface area contributed by atoms with E-state index in [4.69, 9.17) is 0 Å². The van der Waals surface area contributed by atoms with Gasteiger partial charge in [-0.3, -0.25) is 19.3 Å². The lowest BCUT2D eigenvalue weighted by molar-refractivity contribution is -0.117. The van der Waals surface area contributed by atoms with Crippen molar-refractivity contribution in [3.05, 3.63) is 58.0 Å². The van der Waals surface area contributed by atoms with Crippen LogP contribution in [0.5, 0.6) is 0 Å². The molecular weight excluding hydrogens is 346 g/mol. The lowest BCUT2D eigenvalue weighted by Gasteiger charge is -2.34. The summed E-state index contributed by atoms with van der Waals surface area (Å²) >= 11 is 0. The Morgan fingerprint density at radius 1 is 1.11 bits per heavy atom. The number of hydrogen-bond acceptors (Lipinski definition) is 5. The smallest absolute Gasteiger partial charge is 0.274 e. The quantitative estimate of drug-likeness (QED) is 0.810. The third-order valence-corrected chi connectivity index (χ3v) is 4.60. The van der Waals surface area contributed by atoms with Gasteiger partial charge in [0.15, 0.2) is 0 Å². The van der Waals surface area contributed by atoms with Crippen LogP contribution in [-0.2, 0) is 11.2 Å². The number of aryl methyl sites for hydroxylation is 1. The van der Waals surface area contributed by atoms with Crippen LogP contribution in [0.3, 0.4) is 0 Å². The maximum absolute atomic E-state index is 12.4. The summed E-state index contributed by atoms with van der Waals surface area (Å²) in [5, 5.41) is 9.02. The van der Waals surface area contributed by atoms with E-state index >= 15 is 0 Å². The summed E-state index contributed by atoms with van der Waals surface area (Å²) in [5.74, 6) is -0.273. The first-order valence-electron chi connectivity index (χ1n) is 9.02. The first-order chi connectivity index (χ1) is 13.1. The summed E-state index contributed by atoms with van der Waals surface area (Å²) in [6.07, 6.45) is 0.857. The number of anilines is 1. The Kier molecular flexibility index (Phi) is 5.97. The van der Waals surface area contributed by atoms with E-state index in [1.165, 1.54) is 12.1 Å². The first kappa shape index (κ1) is 18.8. The van der Waals surface area contributed by atoms with Crippen molar-refractivity contribution in [1.29, 1.82) is 0 Å². The van der Waals surface area contributed by atoms with Crippen LogP contribution in [0.4, 0.5) is 5.69 Å². The molecule has 8 nitrogen and oxygen atoms in total. The van der Waals surface area contributed by atoms with Gasteiger partial charge in [-0.1, -0.05) is 25.1 Å². The van der Waals surface area contributed by atoms with E-state index in [0.29, 0.717) is 26.2 Å². The number of benzene rings is 1. The van der Waals surface area contributed by atoms with Gasteiger partial charge in [0.2, 0.25) is 5.91 Å². The summed E-state index contributed by atoms with van der Waals surface area (Å²) in [6.45, 7) is 4.59. The van der Waals surface area contributed by atoms with Gasteiger partial charge in [-0.25, -0.2) is 5.10 Å². The molecule has 0 aliphatic carbocycles. The van der Waals surface area contributed by atoms with Crippen LogP contribution in [0.2, 0.25) is 0 Å². The molecule has 1 fully saturated rings. The van der Waals surface area contributed by atoms with Crippen molar-refractivity contribution in [2.24, 2.45) is 0 Å². The van der Waals surface area contributed by atoms with E-state index in [1.54, 1.807) is 4.90 Å². The number of para-hydroxylation sites is 1. The molecule has 0 unspecified atom stereocenters. The van der Waals surface area contributed by atoms with Crippen molar-refractivity contribution in [2.75, 3.05) is 38.0 Å². The van der Waals surface area contributed by atoms with Crippen molar-refractivity contribution < 1.29 is 9.59 Å². The van der Waals surface area contributed by atoms with E-state index < -0.39 is 0 Å². The monoisotopic (exact) mass is 369 g/mol. The second-order valence-electron chi connectivity index (χ2n) is 6.43. The number of carbonyl (C=O) groups excluding carboxylic acids is 2. The van der Waals surface area contributed by atoms with Crippen molar-refractivity contribution in [3.8, 4) is 0 Å². The van der Waals surface area contributed by atoms with Gasteiger partial charge in [0, 0.05) is 37.9 Å². The highest BCUT2D eigenvalue weighted by atomic mass is 16.2. The van der Waals surface area contributed by atoms with Crippen molar-refractivity contribution in [2.45, 2.75) is 13.3 Å². The van der Waals surface area contributed by atoms with E-state index in [-0.39, 0.29) is 29.6 Å². The molecule has 0 saturated carbocycles. The number of aromatic nitrogens is 2. The van der Waals surface area contributed by atoms with Crippen molar-refractivity contribution in [1.82, 2.24) is 20.0 Å². The van der Waals surface area contributed by atoms with E-state index in [2.05, 4.69) is 22.4 Å². The highest BCUT2D eigenvalue weighted by Gasteiger charge is 2.24. The summed E-state index contributed by atoms with van der Waals surface area (Å²) < 4.78 is 0. The van der Waals surface area contributed by atoms with Crippen LogP contribution in [-0.4, -0.2) is 64.5 Å². The average Bonchev–Trinajstić information content (AvgIpc) is 2.69. The fourth-order valence-corrected chi connectivity index (χ4v) is 3.08. The molecule has 8 heteroatoms. The second kappa shape index (κ2) is 8.59. The summed E-state index contributed by atoms with van der Waals surface area (Å²) in [7, 11) is 0. The number of carbonyl (C=O) groups is 2. The Labute approximate surface area is 157 Å². The molecule has 1 aliphatic rings. The SMILES string of the molecule is CCc1ccccc1NC(=O)CN1CCN(C(=O)c2ccc(=O)[nH]n2)CC1. The zero-order valence-corrected chi connectivity index (χ0v) is 15.3. The third kappa shape index (κ3) is 4.79. The Hall–Kier alpha value is -3.00. The van der Waals surface area contributed by atoms with Crippen LogP contribution in [0.15, 0.2) is 41.2 Å². The average molecular weight is 369 g/mol. The molecule has 2 heterocycles. The van der Waals surface area contributed by atoms with Crippen molar-refractivity contribution >= 4 is 17.5 Å². The number of aromatic amines is 1. The maximum atomic E-state index is 12.4. The fourth-order valence-electron chi connectivity index (χ4n) is 3.08. The lowest BCUT2D eigenvalue weighted by atomic mass is 10.1. The summed E-state index contributed by atoms with van der Waals surface area (Å²) in [4.78, 5) is 39.5. The molecule has 142 valence electrons. The fraction of sp³-hybridized carbons (Fsp3) is 0.368. The van der Waals surface area contributed by atoms with Crippen molar-refractivity contribution in [3.63, 3.8) is 0 Å². The minimum absolute atomic E-state index is 0.0574. The molecule has 0 radical (unpaired) electrons. The summed E-state index contributed by atoms with van der Waals surface area (Å²) in [6, 6.07) is 10.5. The Bertz CT molecular complexity index is 851. The number of H-pyrrole nitrogens is 1. The van der Waals surface area contributed by atoms with Crippen LogP contribution in [0, 0.1) is 0 Å². The zero-order chi connectivity index (χ0) is 19.2. The molecule has 27 heavy (non-hydrogen) atoms. The standard InChI is InChI=1S/C19H23N5O3/c1-2-14-5-3-4-6-15(14)20-18(26)13-23-9-11-24(12-10-23)19(27)16-7-8-17(25)22-21-16/h3-8H,2,9-13H2,1H3,(H,20,26)(H,22,25). The Balaban J connectivity index is 1.50. The number of nitrogens with zero attached hydrogens (tertiary/aromatic N) is 3. The van der Waals surface area contributed by atoms with Crippen LogP contribution in [0.1, 0.15) is 23.0 Å². The third-order valence-electron chi connectivity index (χ3n) is 4.60. The number of nitrogens with one attached hydrogen (secondary N) is 2. The lowest BCUT2D eigenvalue weighted by Crippen LogP contribution is -2.50. The zero-order valence-electron chi connectivity index (χ0n) is 15.3. The maximum Gasteiger partial charge on any atom is 0.274 e. The molecule has 0 spiro atoms. The molecule has 1 aromatic carbocycles. The molecule has 3 rings (SSSR count). The normalized spacial score (nSPS) is 14.8.